The van der Waals surface area contributed by atoms with E-state index in [-0.39, 0.29) is 17.7 Å². The predicted molar refractivity (Wildman–Crippen MR) is 136 cm³/mol. The van der Waals surface area contributed by atoms with E-state index < -0.39 is 5.41 Å². The fraction of sp³-hybridized carbons (Fsp3) is 0.414. The molecule has 0 N–H and O–H groups in total. The number of hydrogen-bond acceptors (Lipinski definition) is 4. The summed E-state index contributed by atoms with van der Waals surface area (Å²) in [5, 5.41) is 1.14. The zero-order valence-electron chi connectivity index (χ0n) is 20.4. The molecule has 2 saturated heterocycles. The predicted octanol–water partition coefficient (Wildman–Crippen LogP) is 4.19. The monoisotopic (exact) mass is 471 g/mol. The summed E-state index contributed by atoms with van der Waals surface area (Å²) in [5.74, 6) is 0.459. The van der Waals surface area contributed by atoms with E-state index >= 15 is 0 Å². The summed E-state index contributed by atoms with van der Waals surface area (Å²) in [6.07, 6.45) is 4.02. The highest BCUT2D eigenvalue weighted by atomic mass is 16.5. The van der Waals surface area contributed by atoms with Crippen LogP contribution in [0.5, 0.6) is 0 Å². The first-order chi connectivity index (χ1) is 17.0. The summed E-state index contributed by atoms with van der Waals surface area (Å²) in [6, 6.07) is 19.7. The zero-order chi connectivity index (χ0) is 24.3. The number of ether oxygens (including phenoxy) is 1. The number of nitrogens with zero attached hydrogens (tertiary/aromatic N) is 3. The van der Waals surface area contributed by atoms with Gasteiger partial charge in [0.05, 0.1) is 18.7 Å². The molecule has 5 rings (SSSR count). The zero-order valence-corrected chi connectivity index (χ0v) is 20.4. The SMILES string of the molecule is CC1(C(=O)N2CCOCC(Cc3cccc4cccnc34)C2)CCN(C(=O)c2ccccc2)CC1. The van der Waals surface area contributed by atoms with Crippen LogP contribution in [-0.2, 0) is 16.0 Å². The molecular formula is C29H33N3O3. The number of benzene rings is 2. The first-order valence-electron chi connectivity index (χ1n) is 12.6. The number of fused-ring (bicyclic) bond motifs is 1. The smallest absolute Gasteiger partial charge is 0.253 e. The highest BCUT2D eigenvalue weighted by Gasteiger charge is 2.41. The lowest BCUT2D eigenvalue weighted by Gasteiger charge is -2.41. The van der Waals surface area contributed by atoms with Crippen molar-refractivity contribution in [3.05, 3.63) is 78.0 Å². The first-order valence-corrected chi connectivity index (χ1v) is 12.6. The van der Waals surface area contributed by atoms with Crippen LogP contribution in [0.3, 0.4) is 0 Å². The van der Waals surface area contributed by atoms with Gasteiger partial charge in [0.1, 0.15) is 0 Å². The van der Waals surface area contributed by atoms with E-state index in [4.69, 9.17) is 4.74 Å². The second-order valence-electron chi connectivity index (χ2n) is 10.1. The van der Waals surface area contributed by atoms with Gasteiger partial charge in [0.25, 0.3) is 5.91 Å². The van der Waals surface area contributed by atoms with Gasteiger partial charge in [-0.1, -0.05) is 49.4 Å². The molecular weight excluding hydrogens is 438 g/mol. The fourth-order valence-electron chi connectivity index (χ4n) is 5.39. The molecule has 2 amide bonds. The van der Waals surface area contributed by atoms with Gasteiger partial charge < -0.3 is 14.5 Å². The Morgan fingerprint density at radius 1 is 0.971 bits per heavy atom. The van der Waals surface area contributed by atoms with Crippen molar-refractivity contribution < 1.29 is 14.3 Å². The molecule has 2 fully saturated rings. The number of para-hydroxylation sites is 1. The van der Waals surface area contributed by atoms with E-state index in [9.17, 15) is 9.59 Å². The molecule has 6 heteroatoms. The Bertz CT molecular complexity index is 1180. The van der Waals surface area contributed by atoms with Crippen LogP contribution in [0.2, 0.25) is 0 Å². The van der Waals surface area contributed by atoms with Crippen molar-refractivity contribution in [2.75, 3.05) is 39.4 Å². The standard InChI is InChI=1S/C29H33N3O3/c1-29(12-15-31(16-13-29)27(33)24-7-3-2-4-8-24)28(34)32-17-18-35-21-22(20-32)19-25-10-5-9-23-11-6-14-30-26(23)25/h2-11,14,22H,12-13,15-21H2,1H3. The summed E-state index contributed by atoms with van der Waals surface area (Å²) in [6.45, 7) is 5.77. The number of aromatic nitrogens is 1. The minimum Gasteiger partial charge on any atom is -0.379 e. The van der Waals surface area contributed by atoms with E-state index in [1.807, 2.05) is 52.4 Å². The summed E-state index contributed by atoms with van der Waals surface area (Å²) >= 11 is 0. The van der Waals surface area contributed by atoms with Crippen molar-refractivity contribution >= 4 is 22.7 Å². The highest BCUT2D eigenvalue weighted by molar-refractivity contribution is 5.94. The molecule has 0 spiro atoms. The molecule has 3 heterocycles. The van der Waals surface area contributed by atoms with E-state index in [0.29, 0.717) is 57.8 Å². The molecule has 1 unspecified atom stereocenters. The van der Waals surface area contributed by atoms with Crippen LogP contribution in [0.25, 0.3) is 10.9 Å². The molecule has 1 aromatic heterocycles. The minimum absolute atomic E-state index is 0.0482. The van der Waals surface area contributed by atoms with Crippen molar-refractivity contribution in [3.8, 4) is 0 Å². The largest absolute Gasteiger partial charge is 0.379 e. The van der Waals surface area contributed by atoms with Crippen molar-refractivity contribution in [3.63, 3.8) is 0 Å². The molecule has 2 aromatic carbocycles. The summed E-state index contributed by atoms with van der Waals surface area (Å²) < 4.78 is 5.92. The molecule has 6 nitrogen and oxygen atoms in total. The molecule has 1 atom stereocenters. The molecule has 3 aromatic rings. The van der Waals surface area contributed by atoms with Gasteiger partial charge in [-0.25, -0.2) is 0 Å². The molecule has 0 bridgehead atoms. The third-order valence-corrected chi connectivity index (χ3v) is 7.54. The molecule has 0 saturated carbocycles. The second-order valence-corrected chi connectivity index (χ2v) is 10.1. The number of carbonyl (C=O) groups is 2. The van der Waals surface area contributed by atoms with Gasteiger partial charge in [-0.2, -0.15) is 0 Å². The van der Waals surface area contributed by atoms with Crippen molar-refractivity contribution in [2.45, 2.75) is 26.2 Å². The van der Waals surface area contributed by atoms with E-state index in [1.54, 1.807) is 0 Å². The topological polar surface area (TPSA) is 62.7 Å². The second kappa shape index (κ2) is 10.2. The molecule has 0 radical (unpaired) electrons. The summed E-state index contributed by atoms with van der Waals surface area (Å²) in [4.78, 5) is 35.1. The lowest BCUT2D eigenvalue weighted by Crippen LogP contribution is -2.51. The lowest BCUT2D eigenvalue weighted by molar-refractivity contribution is -0.144. The van der Waals surface area contributed by atoms with Crippen LogP contribution in [0.4, 0.5) is 0 Å². The van der Waals surface area contributed by atoms with Gasteiger partial charge >= 0.3 is 0 Å². The Morgan fingerprint density at radius 2 is 1.74 bits per heavy atom. The summed E-state index contributed by atoms with van der Waals surface area (Å²) in [7, 11) is 0. The minimum atomic E-state index is -0.455. The lowest BCUT2D eigenvalue weighted by atomic mass is 9.78. The highest BCUT2D eigenvalue weighted by Crippen LogP contribution is 2.34. The van der Waals surface area contributed by atoms with Gasteiger partial charge in [-0.3, -0.25) is 14.6 Å². The van der Waals surface area contributed by atoms with Crippen LogP contribution in [0.15, 0.2) is 66.9 Å². The third kappa shape index (κ3) is 5.08. The van der Waals surface area contributed by atoms with Crippen LogP contribution in [0, 0.1) is 11.3 Å². The fourth-order valence-corrected chi connectivity index (χ4v) is 5.39. The Labute approximate surface area is 206 Å². The van der Waals surface area contributed by atoms with Gasteiger partial charge in [-0.15, -0.1) is 0 Å². The van der Waals surface area contributed by atoms with Gasteiger partial charge in [0, 0.05) is 54.7 Å². The molecule has 2 aliphatic rings. The van der Waals surface area contributed by atoms with Crippen molar-refractivity contribution in [1.82, 2.24) is 14.8 Å². The quantitative estimate of drug-likeness (QED) is 0.572. The molecule has 182 valence electrons. The maximum atomic E-state index is 13.7. The van der Waals surface area contributed by atoms with Gasteiger partial charge in [0.15, 0.2) is 0 Å². The Hall–Kier alpha value is -3.25. The molecule has 2 aliphatic heterocycles. The maximum absolute atomic E-state index is 13.7. The number of rotatable bonds is 4. The van der Waals surface area contributed by atoms with E-state index in [2.05, 4.69) is 36.2 Å². The van der Waals surface area contributed by atoms with Crippen LogP contribution in [0.1, 0.15) is 35.7 Å². The number of pyridine rings is 1. The first kappa shape index (κ1) is 23.5. The number of likely N-dealkylation sites (tertiary alicyclic amines) is 1. The summed E-state index contributed by atoms with van der Waals surface area (Å²) in [5.41, 5.74) is 2.48. The Kier molecular flexibility index (Phi) is 6.82. The Morgan fingerprint density at radius 3 is 2.54 bits per heavy atom. The van der Waals surface area contributed by atoms with Crippen LogP contribution < -0.4 is 0 Å². The van der Waals surface area contributed by atoms with E-state index in [0.717, 1.165) is 17.3 Å². The average molecular weight is 472 g/mol. The van der Waals surface area contributed by atoms with Crippen LogP contribution in [-0.4, -0.2) is 66.0 Å². The van der Waals surface area contributed by atoms with Crippen LogP contribution >= 0.6 is 0 Å². The number of carbonyl (C=O) groups excluding carboxylic acids is 2. The third-order valence-electron chi connectivity index (χ3n) is 7.54. The van der Waals surface area contributed by atoms with Crippen molar-refractivity contribution in [1.29, 1.82) is 0 Å². The normalized spacial score (nSPS) is 20.4. The van der Waals surface area contributed by atoms with Crippen molar-refractivity contribution in [2.24, 2.45) is 11.3 Å². The van der Waals surface area contributed by atoms with Gasteiger partial charge in [0.2, 0.25) is 5.91 Å². The number of piperidine rings is 1. The van der Waals surface area contributed by atoms with Gasteiger partial charge in [-0.05, 0) is 43.0 Å². The average Bonchev–Trinajstić information content (AvgIpc) is 3.14. The Balaban J connectivity index is 1.24. The maximum Gasteiger partial charge on any atom is 0.253 e. The number of amides is 2. The molecule has 35 heavy (non-hydrogen) atoms. The number of hydrogen-bond donors (Lipinski definition) is 0. The van der Waals surface area contributed by atoms with E-state index in [1.165, 1.54) is 5.56 Å². The molecule has 0 aliphatic carbocycles.